The molecule has 1 aromatic rings. The van der Waals surface area contributed by atoms with Crippen LogP contribution in [0.1, 0.15) is 12.5 Å². The van der Waals surface area contributed by atoms with Crippen molar-refractivity contribution >= 4 is 17.5 Å². The van der Waals surface area contributed by atoms with Gasteiger partial charge in [0.25, 0.3) is 0 Å². The van der Waals surface area contributed by atoms with E-state index in [1.165, 1.54) is 5.56 Å². The Morgan fingerprint density at radius 3 is 2.82 bits per heavy atom. The van der Waals surface area contributed by atoms with Crippen LogP contribution in [-0.4, -0.2) is 4.21 Å². The third-order valence-electron chi connectivity index (χ3n) is 1.56. The van der Waals surface area contributed by atoms with E-state index in [0.29, 0.717) is 0 Å². The second kappa shape index (κ2) is 4.13. The summed E-state index contributed by atoms with van der Waals surface area (Å²) in [6.07, 6.45) is 0.957. The minimum absolute atomic E-state index is 0.0406. The first-order valence-electron chi connectivity index (χ1n) is 3.54. The highest BCUT2D eigenvalue weighted by molar-refractivity contribution is 7.67. The van der Waals surface area contributed by atoms with Gasteiger partial charge in [0.05, 0.1) is 0 Å². The summed E-state index contributed by atoms with van der Waals surface area (Å²) in [4.78, 5) is 0. The summed E-state index contributed by atoms with van der Waals surface area (Å²) in [5.41, 5.74) is 2.14. The van der Waals surface area contributed by atoms with E-state index in [1.807, 2.05) is 24.3 Å². The molecule has 0 unspecified atom stereocenters. The molecule has 1 aromatic carbocycles. The summed E-state index contributed by atoms with van der Waals surface area (Å²) in [5.74, 6) is 0. The fraction of sp³-hybridized carbons (Fsp3) is 0.250. The first-order valence-corrected chi connectivity index (χ1v) is 4.36. The Balaban J connectivity index is 2.92. The van der Waals surface area contributed by atoms with Crippen molar-refractivity contribution in [2.45, 2.75) is 13.3 Å². The first kappa shape index (κ1) is 8.27. The van der Waals surface area contributed by atoms with Crippen LogP contribution in [0.5, 0.6) is 0 Å². The van der Waals surface area contributed by atoms with E-state index < -0.39 is 0 Å². The molecule has 0 aromatic heterocycles. The van der Waals surface area contributed by atoms with Crippen LogP contribution in [0.4, 0.5) is 5.69 Å². The molecule has 0 fully saturated rings. The van der Waals surface area contributed by atoms with Crippen LogP contribution in [0.2, 0.25) is 0 Å². The molecule has 0 heterocycles. The van der Waals surface area contributed by atoms with Gasteiger partial charge in [0, 0.05) is 5.69 Å². The summed E-state index contributed by atoms with van der Waals surface area (Å²) in [6.45, 7) is 2.07. The molecular weight excluding hydrogens is 158 g/mol. The van der Waals surface area contributed by atoms with Gasteiger partial charge in [0.1, 0.15) is 11.9 Å². The van der Waals surface area contributed by atoms with Crippen molar-refractivity contribution in [2.24, 2.45) is 0 Å². The van der Waals surface area contributed by atoms with Gasteiger partial charge in [-0.05, 0) is 18.1 Å². The predicted octanol–water partition coefficient (Wildman–Crippen LogP) is 1.52. The van der Waals surface area contributed by atoms with Crippen LogP contribution in [-0.2, 0) is 18.3 Å². The Hall–Kier alpha value is -0.830. The summed E-state index contributed by atoms with van der Waals surface area (Å²) < 4.78 is 13.0. The maximum Gasteiger partial charge on any atom is 0.103 e. The third kappa shape index (κ3) is 2.05. The lowest BCUT2D eigenvalue weighted by molar-refractivity contribution is 0.696. The number of anilines is 1. The van der Waals surface area contributed by atoms with Crippen molar-refractivity contribution < 1.29 is 4.21 Å². The Labute approximate surface area is 70.3 Å². The van der Waals surface area contributed by atoms with Crippen molar-refractivity contribution in [3.63, 3.8) is 0 Å². The van der Waals surface area contributed by atoms with E-state index in [9.17, 15) is 4.21 Å². The molecule has 0 radical (unpaired) electrons. The average Bonchev–Trinajstić information content (AvgIpc) is 2.06. The van der Waals surface area contributed by atoms with Crippen molar-refractivity contribution in [1.82, 2.24) is 0 Å². The van der Waals surface area contributed by atoms with Crippen molar-refractivity contribution in [3.05, 3.63) is 29.8 Å². The molecule has 0 bridgehead atoms. The summed E-state index contributed by atoms with van der Waals surface area (Å²) in [6, 6.07) is 7.84. The molecule has 3 heteroatoms. The number of hydrogen-bond donors (Lipinski definition) is 2. The Morgan fingerprint density at radius 2 is 2.18 bits per heavy atom. The van der Waals surface area contributed by atoms with E-state index in [1.54, 1.807) is 0 Å². The number of benzene rings is 1. The van der Waals surface area contributed by atoms with Gasteiger partial charge < -0.3 is 4.72 Å². The number of thiol groups is 1. The number of nitrogens with one attached hydrogen (secondary N) is 1. The summed E-state index contributed by atoms with van der Waals surface area (Å²) >= 11 is -0.0406. The molecule has 0 aliphatic rings. The standard InChI is InChI=1S/C8H11NOS/c1-2-7-5-3-4-6-8(7)9-11-10/h3-6,11H,2H2,1H3,(H,9,10). The van der Waals surface area contributed by atoms with E-state index in [2.05, 4.69) is 11.6 Å². The van der Waals surface area contributed by atoms with E-state index in [4.69, 9.17) is 0 Å². The van der Waals surface area contributed by atoms with Crippen LogP contribution < -0.4 is 4.72 Å². The number of aryl methyl sites for hydroxylation is 1. The molecule has 11 heavy (non-hydrogen) atoms. The average molecular weight is 169 g/mol. The molecule has 0 amide bonds. The van der Waals surface area contributed by atoms with Crippen LogP contribution in [0, 0.1) is 0 Å². The zero-order chi connectivity index (χ0) is 8.10. The predicted molar refractivity (Wildman–Crippen MR) is 49.0 cm³/mol. The van der Waals surface area contributed by atoms with Crippen LogP contribution in [0.15, 0.2) is 24.3 Å². The lowest BCUT2D eigenvalue weighted by Crippen LogP contribution is -1.93. The molecule has 0 aliphatic carbocycles. The fourth-order valence-corrected chi connectivity index (χ4v) is 1.30. The second-order valence-corrected chi connectivity index (χ2v) is 2.62. The lowest BCUT2D eigenvalue weighted by Gasteiger charge is -2.03. The van der Waals surface area contributed by atoms with Crippen LogP contribution in [0.3, 0.4) is 0 Å². The largest absolute Gasteiger partial charge is 0.307 e. The van der Waals surface area contributed by atoms with Gasteiger partial charge in [0.15, 0.2) is 0 Å². The minimum Gasteiger partial charge on any atom is -0.307 e. The molecule has 0 spiro atoms. The van der Waals surface area contributed by atoms with Crippen molar-refractivity contribution in [3.8, 4) is 0 Å². The molecule has 2 nitrogen and oxygen atoms in total. The zero-order valence-corrected chi connectivity index (χ0v) is 7.27. The van der Waals surface area contributed by atoms with E-state index in [0.717, 1.165) is 12.1 Å². The topological polar surface area (TPSA) is 29.1 Å². The molecule has 0 atom stereocenters. The molecule has 1 rings (SSSR count). The van der Waals surface area contributed by atoms with Gasteiger partial charge in [-0.1, -0.05) is 25.1 Å². The molecule has 60 valence electrons. The summed E-state index contributed by atoms with van der Waals surface area (Å²) in [5, 5.41) is 0. The molecular formula is C8H11NOS. The molecule has 0 aliphatic heterocycles. The third-order valence-corrected chi connectivity index (χ3v) is 1.90. The maximum absolute atomic E-state index is 10.2. The first-order chi connectivity index (χ1) is 5.38. The number of rotatable bonds is 3. The Morgan fingerprint density at radius 1 is 1.45 bits per heavy atom. The van der Waals surface area contributed by atoms with Gasteiger partial charge in [-0.25, -0.2) is 4.21 Å². The zero-order valence-electron chi connectivity index (χ0n) is 6.37. The quantitative estimate of drug-likeness (QED) is 0.660. The molecule has 0 saturated carbocycles. The Kier molecular flexibility index (Phi) is 3.11. The Bertz CT molecular complexity index is 250. The van der Waals surface area contributed by atoms with Gasteiger partial charge in [-0.2, -0.15) is 0 Å². The van der Waals surface area contributed by atoms with Gasteiger partial charge >= 0.3 is 0 Å². The monoisotopic (exact) mass is 169 g/mol. The number of para-hydroxylation sites is 1. The molecule has 1 N–H and O–H groups in total. The van der Waals surface area contributed by atoms with Crippen molar-refractivity contribution in [2.75, 3.05) is 4.72 Å². The normalized spacial score (nSPS) is 9.55. The SMILES string of the molecule is CCc1ccccc1N[SH]=O. The second-order valence-electron chi connectivity index (χ2n) is 2.21. The van der Waals surface area contributed by atoms with E-state index >= 15 is 0 Å². The van der Waals surface area contributed by atoms with Crippen LogP contribution >= 0.6 is 0 Å². The fourth-order valence-electron chi connectivity index (χ4n) is 0.987. The van der Waals surface area contributed by atoms with Gasteiger partial charge in [-0.3, -0.25) is 0 Å². The lowest BCUT2D eigenvalue weighted by atomic mass is 10.1. The van der Waals surface area contributed by atoms with Gasteiger partial charge in [0.2, 0.25) is 0 Å². The smallest absolute Gasteiger partial charge is 0.103 e. The summed E-state index contributed by atoms with van der Waals surface area (Å²) in [7, 11) is 0. The van der Waals surface area contributed by atoms with E-state index in [-0.39, 0.29) is 11.9 Å². The highest BCUT2D eigenvalue weighted by Gasteiger charge is 1.95. The molecule has 0 saturated heterocycles. The van der Waals surface area contributed by atoms with Crippen molar-refractivity contribution in [1.29, 1.82) is 0 Å². The number of hydrogen-bond acceptors (Lipinski definition) is 1. The van der Waals surface area contributed by atoms with Crippen LogP contribution in [0.25, 0.3) is 0 Å². The van der Waals surface area contributed by atoms with Gasteiger partial charge in [-0.15, -0.1) is 0 Å². The highest BCUT2D eigenvalue weighted by atomic mass is 32.2. The maximum atomic E-state index is 10.2. The highest BCUT2D eigenvalue weighted by Crippen LogP contribution is 2.14. The minimum atomic E-state index is -0.0406.